The zero-order valence-electron chi connectivity index (χ0n) is 28.6. The van der Waals surface area contributed by atoms with E-state index in [1.165, 1.54) is 0 Å². The lowest BCUT2D eigenvalue weighted by Crippen LogP contribution is -2.14. The minimum absolute atomic E-state index is 0.00313. The van der Waals surface area contributed by atoms with E-state index in [9.17, 15) is 9.59 Å². The molecule has 3 aromatic carbocycles. The summed E-state index contributed by atoms with van der Waals surface area (Å²) in [6.45, 7) is 19.1. The van der Waals surface area contributed by atoms with E-state index in [0.29, 0.717) is 16.3 Å². The molecule has 1 saturated heterocycles. The smallest absolute Gasteiger partial charge is 0.255 e. The fraction of sp³-hybridized carbons (Fsp3) is 0.333. The number of benzene rings is 3. The van der Waals surface area contributed by atoms with Crippen molar-refractivity contribution in [3.8, 4) is 0 Å². The summed E-state index contributed by atoms with van der Waals surface area (Å²) in [4.78, 5) is 22.3. The summed E-state index contributed by atoms with van der Waals surface area (Å²) in [5.74, 6) is -0.145. The number of hydrogen-bond donors (Lipinski definition) is 4. The molecule has 1 atom stereocenters. The standard InChI is InChI=1S/C16H17ClN4OS.C7H6O.C6H12ClN.C3H6.2C2H6/c1-18-15-10-12(4-7-14(15)17)20-16(22)11-2-5-13(6-3-11)21-9-8-19-23-21;8-6-7-4-2-1-3-5-7;1-3-4-6(7)5(2)8;1-3-2;2*1-2/h2-7,10,18-19H,8-9H2,1H3,(H,20,22);1-6H;4-5H,3,8H2,1-2H3;3H,1H2,2H3;2*1-2H3/b;;6-4+;;;. The number of nitrogens with two attached hydrogens (primary N) is 1. The molecule has 0 radical (unpaired) electrons. The third-order valence-corrected chi connectivity index (χ3v) is 7.05. The van der Waals surface area contributed by atoms with Crippen LogP contribution in [0.4, 0.5) is 17.1 Å². The summed E-state index contributed by atoms with van der Waals surface area (Å²) in [6.07, 6.45) is 5.46. The van der Waals surface area contributed by atoms with E-state index in [2.05, 4.69) is 26.2 Å². The molecule has 3 aromatic rings. The van der Waals surface area contributed by atoms with Gasteiger partial charge in [-0.15, -0.1) is 6.58 Å². The van der Waals surface area contributed by atoms with Crippen molar-refractivity contribution < 1.29 is 9.59 Å². The molecule has 4 rings (SSSR count). The van der Waals surface area contributed by atoms with Crippen molar-refractivity contribution in [1.82, 2.24) is 4.72 Å². The van der Waals surface area contributed by atoms with Crippen LogP contribution < -0.4 is 25.4 Å². The number of halogens is 2. The minimum atomic E-state index is -0.145. The van der Waals surface area contributed by atoms with Gasteiger partial charge in [0.2, 0.25) is 0 Å². The third-order valence-electron chi connectivity index (χ3n) is 5.27. The monoisotopic (exact) mass is 689 g/mol. The molecular formula is C36H53Cl2N5O2S. The van der Waals surface area contributed by atoms with Crippen molar-refractivity contribution >= 4 is 64.6 Å². The highest BCUT2D eigenvalue weighted by atomic mass is 35.5. The number of anilines is 3. The second-order valence-electron chi connectivity index (χ2n) is 8.76. The Morgan fingerprint density at radius 3 is 2.09 bits per heavy atom. The molecule has 0 bridgehead atoms. The molecule has 10 heteroatoms. The van der Waals surface area contributed by atoms with E-state index in [4.69, 9.17) is 28.9 Å². The van der Waals surface area contributed by atoms with Crippen molar-refractivity contribution in [2.24, 2.45) is 5.73 Å². The van der Waals surface area contributed by atoms with Gasteiger partial charge in [-0.25, -0.2) is 4.72 Å². The van der Waals surface area contributed by atoms with Crippen LogP contribution in [0.25, 0.3) is 0 Å². The number of rotatable bonds is 7. The lowest BCUT2D eigenvalue weighted by molar-refractivity contribution is 0.102. The van der Waals surface area contributed by atoms with Crippen LogP contribution >= 0.6 is 35.3 Å². The average Bonchev–Trinajstić information content (AvgIpc) is 3.64. The topological polar surface area (TPSA) is 99.5 Å². The first-order valence-corrected chi connectivity index (χ1v) is 17.0. The number of aldehydes is 1. The molecule has 254 valence electrons. The molecule has 46 heavy (non-hydrogen) atoms. The Hall–Kier alpha value is -3.27. The van der Waals surface area contributed by atoms with Gasteiger partial charge < -0.3 is 20.7 Å². The summed E-state index contributed by atoms with van der Waals surface area (Å²) in [5, 5.41) is 7.24. The van der Waals surface area contributed by atoms with E-state index in [0.717, 1.165) is 47.8 Å². The first-order chi connectivity index (χ1) is 22.2. The van der Waals surface area contributed by atoms with Crippen LogP contribution in [0.2, 0.25) is 5.02 Å². The Kier molecular flexibility index (Phi) is 28.4. The predicted molar refractivity (Wildman–Crippen MR) is 207 cm³/mol. The zero-order valence-corrected chi connectivity index (χ0v) is 30.9. The van der Waals surface area contributed by atoms with E-state index in [1.54, 1.807) is 55.6 Å². The number of hydrogen-bond acceptors (Lipinski definition) is 7. The molecule has 1 heterocycles. The number of carbonyl (C=O) groups is 2. The predicted octanol–water partition coefficient (Wildman–Crippen LogP) is 10.2. The van der Waals surface area contributed by atoms with Crippen molar-refractivity contribution in [2.45, 2.75) is 60.9 Å². The lowest BCUT2D eigenvalue weighted by atomic mass is 10.2. The summed E-state index contributed by atoms with van der Waals surface area (Å²) >= 11 is 13.3. The number of allylic oxidation sites excluding steroid dienone is 2. The Morgan fingerprint density at radius 2 is 1.67 bits per heavy atom. The highest BCUT2D eigenvalue weighted by molar-refractivity contribution is 7.99. The van der Waals surface area contributed by atoms with Crippen LogP contribution in [0.1, 0.15) is 75.6 Å². The van der Waals surface area contributed by atoms with Gasteiger partial charge in [0.15, 0.2) is 0 Å². The first kappa shape index (κ1) is 44.9. The Morgan fingerprint density at radius 1 is 1.09 bits per heavy atom. The second-order valence-corrected chi connectivity index (χ2v) is 10.5. The SMILES string of the molecule is C=CC.CC.CC.CC/C=C(/Cl)C(C)N.CNc1cc(NC(=O)c2ccc(N3CCNS3)cc2)ccc1Cl.O=Cc1ccccc1. The van der Waals surface area contributed by atoms with Crippen molar-refractivity contribution in [3.63, 3.8) is 0 Å². The fourth-order valence-corrected chi connectivity index (χ4v) is 4.30. The van der Waals surface area contributed by atoms with Gasteiger partial charge in [-0.1, -0.05) is 100 Å². The van der Waals surface area contributed by atoms with Gasteiger partial charge >= 0.3 is 0 Å². The largest absolute Gasteiger partial charge is 0.387 e. The molecule has 1 unspecified atom stereocenters. The van der Waals surface area contributed by atoms with Gasteiger partial charge in [0.1, 0.15) is 6.29 Å². The Balaban J connectivity index is 0. The van der Waals surface area contributed by atoms with Gasteiger partial charge in [-0.3, -0.25) is 9.59 Å². The second kappa shape index (κ2) is 29.2. The van der Waals surface area contributed by atoms with Crippen molar-refractivity contribution in [1.29, 1.82) is 0 Å². The zero-order chi connectivity index (χ0) is 35.3. The highest BCUT2D eigenvalue weighted by Gasteiger charge is 2.14. The van der Waals surface area contributed by atoms with Gasteiger partial charge in [-0.2, -0.15) is 0 Å². The first-order valence-electron chi connectivity index (χ1n) is 15.4. The van der Waals surface area contributed by atoms with Gasteiger partial charge in [-0.05, 0) is 62.7 Å². The van der Waals surface area contributed by atoms with E-state index < -0.39 is 0 Å². The minimum Gasteiger partial charge on any atom is -0.387 e. The maximum atomic E-state index is 12.3. The molecule has 1 amide bonds. The van der Waals surface area contributed by atoms with Crippen molar-refractivity contribution in [2.75, 3.05) is 35.1 Å². The maximum absolute atomic E-state index is 12.3. The van der Waals surface area contributed by atoms with Crippen LogP contribution in [0.5, 0.6) is 0 Å². The third kappa shape index (κ3) is 19.3. The molecule has 1 aliphatic heterocycles. The van der Waals surface area contributed by atoms with Gasteiger partial charge in [0.05, 0.1) is 10.7 Å². The summed E-state index contributed by atoms with van der Waals surface area (Å²) in [5.41, 5.74) is 9.33. The summed E-state index contributed by atoms with van der Waals surface area (Å²) < 4.78 is 5.36. The average molecular weight is 691 g/mol. The van der Waals surface area contributed by atoms with Crippen LogP contribution in [0, 0.1) is 0 Å². The molecule has 0 saturated carbocycles. The maximum Gasteiger partial charge on any atom is 0.255 e. The molecule has 0 aromatic heterocycles. The number of nitrogens with zero attached hydrogens (tertiary/aromatic N) is 1. The van der Waals surface area contributed by atoms with Crippen LogP contribution in [-0.4, -0.2) is 38.4 Å². The molecule has 1 fully saturated rings. The van der Waals surface area contributed by atoms with E-state index >= 15 is 0 Å². The van der Waals surface area contributed by atoms with Gasteiger partial charge in [0.25, 0.3) is 5.91 Å². The van der Waals surface area contributed by atoms with Crippen LogP contribution in [0.15, 0.2) is 96.6 Å². The summed E-state index contributed by atoms with van der Waals surface area (Å²) in [7, 11) is 1.79. The fourth-order valence-electron chi connectivity index (χ4n) is 3.19. The number of nitrogens with one attached hydrogen (secondary N) is 3. The van der Waals surface area contributed by atoms with Crippen LogP contribution in [0.3, 0.4) is 0 Å². The molecule has 1 aliphatic rings. The summed E-state index contributed by atoms with van der Waals surface area (Å²) in [6, 6.07) is 22.0. The molecular weight excluding hydrogens is 637 g/mol. The van der Waals surface area contributed by atoms with Gasteiger partial charge in [0, 0.05) is 65.8 Å². The van der Waals surface area contributed by atoms with Crippen LogP contribution in [-0.2, 0) is 0 Å². The van der Waals surface area contributed by atoms with E-state index in [-0.39, 0.29) is 11.9 Å². The molecule has 0 spiro atoms. The quantitative estimate of drug-likeness (QED) is 0.111. The van der Waals surface area contributed by atoms with E-state index in [1.807, 2.05) is 97.0 Å². The number of carbonyl (C=O) groups excluding carboxylic acids is 2. The van der Waals surface area contributed by atoms with Crippen molar-refractivity contribution in [3.05, 3.63) is 113 Å². The lowest BCUT2D eigenvalue weighted by Gasteiger charge is -2.15. The number of amides is 1. The highest BCUT2D eigenvalue weighted by Crippen LogP contribution is 2.26. The molecule has 7 nitrogen and oxygen atoms in total. The molecule has 5 N–H and O–H groups in total. The Labute approximate surface area is 292 Å². The Bertz CT molecular complexity index is 1250. The normalized spacial score (nSPS) is 11.8. The molecule has 0 aliphatic carbocycles.